The number of benzene rings is 1. The molecule has 0 fully saturated rings. The molecule has 1 heterocycles. The molecule has 1 aromatic rings. The number of hydrogen-bond acceptors (Lipinski definition) is 3. The zero-order valence-electron chi connectivity index (χ0n) is 10.2. The zero-order valence-corrected chi connectivity index (χ0v) is 10.2. The topological polar surface area (TPSA) is 44.5 Å². The van der Waals surface area contributed by atoms with Crippen LogP contribution in [-0.4, -0.2) is 26.0 Å². The normalized spacial score (nSPS) is 16.1. The number of alkyl halides is 3. The molecule has 0 saturated carbocycles. The molecule has 1 aromatic carbocycles. The first-order valence-electron chi connectivity index (χ1n) is 5.82. The van der Waals surface area contributed by atoms with Gasteiger partial charge in [0, 0.05) is 5.56 Å². The van der Waals surface area contributed by atoms with Crippen LogP contribution >= 0.6 is 0 Å². The van der Waals surface area contributed by atoms with Gasteiger partial charge in [0.05, 0.1) is 18.9 Å². The van der Waals surface area contributed by atoms with Crippen LogP contribution in [0.4, 0.5) is 18.9 Å². The van der Waals surface area contributed by atoms with Crippen LogP contribution < -0.4 is 10.5 Å². The van der Waals surface area contributed by atoms with E-state index in [9.17, 15) is 13.2 Å². The van der Waals surface area contributed by atoms with E-state index in [-0.39, 0.29) is 11.4 Å². The van der Waals surface area contributed by atoms with Crippen molar-refractivity contribution in [1.82, 2.24) is 0 Å². The second kappa shape index (κ2) is 5.52. The smallest absolute Gasteiger partial charge is 0.422 e. The molecule has 0 bridgehead atoms. The van der Waals surface area contributed by atoms with Crippen LogP contribution in [0.2, 0.25) is 0 Å². The Morgan fingerprint density at radius 2 is 2.11 bits per heavy atom. The van der Waals surface area contributed by atoms with Crippen molar-refractivity contribution in [3.8, 4) is 5.75 Å². The molecular weight excluding hydrogens is 259 g/mol. The van der Waals surface area contributed by atoms with Crippen LogP contribution in [0.1, 0.15) is 12.0 Å². The minimum atomic E-state index is -4.39. The molecule has 0 unspecified atom stereocenters. The highest BCUT2D eigenvalue weighted by Gasteiger charge is 2.29. The van der Waals surface area contributed by atoms with E-state index in [1.54, 1.807) is 12.1 Å². The Hall–Kier alpha value is -1.69. The number of ether oxygens (including phenoxy) is 2. The standard InChI is InChI=1S/C13H14F3NO2/c14-13(15,16)8-19-12-10(2-1-3-11(12)17)9-4-6-18-7-5-9/h1-4H,5-8,17H2. The second-order valence-electron chi connectivity index (χ2n) is 4.18. The summed E-state index contributed by atoms with van der Waals surface area (Å²) in [6.07, 6.45) is -1.92. The van der Waals surface area contributed by atoms with Crippen molar-refractivity contribution >= 4 is 11.3 Å². The molecule has 0 aliphatic carbocycles. The van der Waals surface area contributed by atoms with Crippen molar-refractivity contribution in [3.05, 3.63) is 29.8 Å². The van der Waals surface area contributed by atoms with E-state index < -0.39 is 12.8 Å². The molecule has 2 N–H and O–H groups in total. The van der Waals surface area contributed by atoms with E-state index in [0.29, 0.717) is 25.2 Å². The van der Waals surface area contributed by atoms with Crippen LogP contribution in [0.5, 0.6) is 5.75 Å². The summed E-state index contributed by atoms with van der Waals surface area (Å²) >= 11 is 0. The summed E-state index contributed by atoms with van der Waals surface area (Å²) in [5.41, 5.74) is 7.41. The summed E-state index contributed by atoms with van der Waals surface area (Å²) in [7, 11) is 0. The van der Waals surface area contributed by atoms with E-state index in [2.05, 4.69) is 0 Å². The maximum absolute atomic E-state index is 12.2. The van der Waals surface area contributed by atoms with E-state index in [4.69, 9.17) is 15.2 Å². The van der Waals surface area contributed by atoms with Gasteiger partial charge < -0.3 is 15.2 Å². The van der Waals surface area contributed by atoms with Gasteiger partial charge in [0.2, 0.25) is 0 Å². The predicted molar refractivity (Wildman–Crippen MR) is 65.8 cm³/mol. The van der Waals surface area contributed by atoms with Crippen LogP contribution in [0, 0.1) is 0 Å². The van der Waals surface area contributed by atoms with Crippen molar-refractivity contribution in [3.63, 3.8) is 0 Å². The highest BCUT2D eigenvalue weighted by Crippen LogP contribution is 2.35. The van der Waals surface area contributed by atoms with Gasteiger partial charge in [-0.25, -0.2) is 0 Å². The molecule has 104 valence electrons. The summed E-state index contributed by atoms with van der Waals surface area (Å²) in [6, 6.07) is 4.93. The van der Waals surface area contributed by atoms with Gasteiger partial charge in [0.1, 0.15) is 5.75 Å². The number of para-hydroxylation sites is 1. The Labute approximate surface area is 108 Å². The Morgan fingerprint density at radius 3 is 2.74 bits per heavy atom. The first kappa shape index (κ1) is 13.7. The molecule has 1 aliphatic heterocycles. The fourth-order valence-electron chi connectivity index (χ4n) is 1.89. The number of anilines is 1. The quantitative estimate of drug-likeness (QED) is 0.861. The van der Waals surface area contributed by atoms with Gasteiger partial charge in [-0.1, -0.05) is 18.2 Å². The van der Waals surface area contributed by atoms with Gasteiger partial charge >= 0.3 is 6.18 Å². The third kappa shape index (κ3) is 3.64. The third-order valence-electron chi connectivity index (χ3n) is 2.73. The second-order valence-corrected chi connectivity index (χ2v) is 4.18. The average Bonchev–Trinajstić information content (AvgIpc) is 2.37. The lowest BCUT2D eigenvalue weighted by Crippen LogP contribution is -2.20. The number of hydrogen-bond donors (Lipinski definition) is 1. The maximum Gasteiger partial charge on any atom is 0.422 e. The molecule has 0 aromatic heterocycles. The lowest BCUT2D eigenvalue weighted by molar-refractivity contribution is -0.153. The first-order chi connectivity index (χ1) is 8.97. The molecule has 2 rings (SSSR count). The van der Waals surface area contributed by atoms with Crippen LogP contribution in [0.3, 0.4) is 0 Å². The largest absolute Gasteiger partial charge is 0.481 e. The maximum atomic E-state index is 12.2. The van der Waals surface area contributed by atoms with Crippen molar-refractivity contribution in [1.29, 1.82) is 0 Å². The van der Waals surface area contributed by atoms with Gasteiger partial charge in [-0.3, -0.25) is 0 Å². The molecule has 0 spiro atoms. The van der Waals surface area contributed by atoms with Crippen LogP contribution in [0.15, 0.2) is 24.3 Å². The van der Waals surface area contributed by atoms with Gasteiger partial charge in [-0.05, 0) is 18.1 Å². The molecule has 3 nitrogen and oxygen atoms in total. The minimum absolute atomic E-state index is 0.0907. The molecular formula is C13H14F3NO2. The lowest BCUT2D eigenvalue weighted by atomic mass is 10.00. The van der Waals surface area contributed by atoms with Crippen molar-refractivity contribution < 1.29 is 22.6 Å². The molecule has 0 amide bonds. The Bertz CT molecular complexity index is 483. The van der Waals surface area contributed by atoms with E-state index >= 15 is 0 Å². The van der Waals surface area contributed by atoms with Gasteiger partial charge in [-0.2, -0.15) is 13.2 Å². The lowest BCUT2D eigenvalue weighted by Gasteiger charge is -2.19. The van der Waals surface area contributed by atoms with E-state index in [0.717, 1.165) is 5.57 Å². The average molecular weight is 273 g/mol. The van der Waals surface area contributed by atoms with Crippen molar-refractivity contribution in [2.45, 2.75) is 12.6 Å². The number of nitrogens with two attached hydrogens (primary N) is 1. The summed E-state index contributed by atoms with van der Waals surface area (Å²) in [5, 5.41) is 0. The molecule has 0 radical (unpaired) electrons. The summed E-state index contributed by atoms with van der Waals surface area (Å²) in [6.45, 7) is -0.361. The van der Waals surface area contributed by atoms with Crippen molar-refractivity contribution in [2.75, 3.05) is 25.6 Å². The zero-order chi connectivity index (χ0) is 13.9. The van der Waals surface area contributed by atoms with E-state index in [1.807, 2.05) is 6.08 Å². The highest BCUT2D eigenvalue weighted by atomic mass is 19.4. The fourth-order valence-corrected chi connectivity index (χ4v) is 1.89. The van der Waals surface area contributed by atoms with Crippen molar-refractivity contribution in [2.24, 2.45) is 0 Å². The third-order valence-corrected chi connectivity index (χ3v) is 2.73. The number of halogens is 3. The Morgan fingerprint density at radius 1 is 1.32 bits per heavy atom. The van der Waals surface area contributed by atoms with Crippen LogP contribution in [0.25, 0.3) is 5.57 Å². The van der Waals surface area contributed by atoms with Gasteiger partial charge in [0.15, 0.2) is 6.61 Å². The minimum Gasteiger partial charge on any atom is -0.481 e. The van der Waals surface area contributed by atoms with Gasteiger partial charge in [-0.15, -0.1) is 0 Å². The number of nitrogen functional groups attached to an aromatic ring is 1. The fraction of sp³-hybridized carbons (Fsp3) is 0.385. The Balaban J connectivity index is 2.28. The summed E-state index contributed by atoms with van der Waals surface area (Å²) in [4.78, 5) is 0. The molecule has 1 aliphatic rings. The molecule has 6 heteroatoms. The monoisotopic (exact) mass is 273 g/mol. The van der Waals surface area contributed by atoms with Crippen LogP contribution in [-0.2, 0) is 4.74 Å². The molecule has 0 saturated heterocycles. The molecule has 19 heavy (non-hydrogen) atoms. The SMILES string of the molecule is Nc1cccc(C2=CCOCC2)c1OCC(F)(F)F. The summed E-state index contributed by atoms with van der Waals surface area (Å²) < 4.78 is 46.8. The predicted octanol–water partition coefficient (Wildman–Crippen LogP) is 3.01. The first-order valence-corrected chi connectivity index (χ1v) is 5.82. The van der Waals surface area contributed by atoms with E-state index in [1.165, 1.54) is 6.07 Å². The van der Waals surface area contributed by atoms with Gasteiger partial charge in [0.25, 0.3) is 0 Å². The highest BCUT2D eigenvalue weighted by molar-refractivity contribution is 5.76. The number of rotatable bonds is 3. The summed E-state index contributed by atoms with van der Waals surface area (Å²) in [5.74, 6) is 0.0907. The molecule has 0 atom stereocenters. The Kier molecular flexibility index (Phi) is 3.99.